The van der Waals surface area contributed by atoms with Gasteiger partial charge in [-0.05, 0) is 22.0 Å². The molecule has 0 aliphatic heterocycles. The Morgan fingerprint density at radius 3 is 2.89 bits per heavy atom. The average Bonchev–Trinajstić information content (AvgIpc) is 2.79. The molecule has 0 bridgehead atoms. The van der Waals surface area contributed by atoms with Crippen LogP contribution in [0.15, 0.2) is 29.0 Å². The predicted octanol–water partition coefficient (Wildman–Crippen LogP) is 3.24. The lowest BCUT2D eigenvalue weighted by atomic mass is 10.2. The summed E-state index contributed by atoms with van der Waals surface area (Å²) in [5, 5.41) is 11.0. The van der Waals surface area contributed by atoms with Crippen LogP contribution in [0, 0.1) is 15.9 Å². The molecule has 0 fully saturated rings. The third-order valence-electron chi connectivity index (χ3n) is 2.51. The number of nitro benzene ring substituents is 1. The zero-order chi connectivity index (χ0) is 13.3. The molecule has 0 amide bonds. The second-order valence-corrected chi connectivity index (χ2v) is 4.43. The van der Waals surface area contributed by atoms with Gasteiger partial charge in [-0.3, -0.25) is 14.7 Å². The number of hydrogen-bond donors (Lipinski definition) is 0. The number of nitro groups is 1. The number of aryl methyl sites for hydroxylation is 1. The number of hydrogen-bond acceptors (Lipinski definition) is 3. The van der Waals surface area contributed by atoms with Crippen molar-refractivity contribution in [2.24, 2.45) is 0 Å². The summed E-state index contributed by atoms with van der Waals surface area (Å²) < 4.78 is 15.1. The molecule has 0 saturated carbocycles. The molecule has 0 spiro atoms. The summed E-state index contributed by atoms with van der Waals surface area (Å²) in [6.45, 7) is 1.89. The highest BCUT2D eigenvalue weighted by molar-refractivity contribution is 9.10. The summed E-state index contributed by atoms with van der Waals surface area (Å²) in [4.78, 5) is 14.5. The normalized spacial score (nSPS) is 10.6. The molecule has 5 nitrogen and oxygen atoms in total. The van der Waals surface area contributed by atoms with Crippen LogP contribution in [-0.4, -0.2) is 14.5 Å². The van der Waals surface area contributed by atoms with Crippen LogP contribution in [-0.2, 0) is 6.42 Å². The molecule has 0 N–H and O–H groups in total. The molecule has 1 aromatic carbocycles. The van der Waals surface area contributed by atoms with Crippen LogP contribution >= 0.6 is 15.9 Å². The van der Waals surface area contributed by atoms with E-state index in [0.717, 1.165) is 6.07 Å². The maximum absolute atomic E-state index is 13.4. The van der Waals surface area contributed by atoms with Crippen LogP contribution in [0.3, 0.4) is 0 Å². The van der Waals surface area contributed by atoms with E-state index in [1.807, 2.05) is 6.92 Å². The van der Waals surface area contributed by atoms with Gasteiger partial charge in [-0.2, -0.15) is 0 Å². The molecule has 1 aromatic heterocycles. The van der Waals surface area contributed by atoms with Crippen LogP contribution in [0.5, 0.6) is 0 Å². The van der Waals surface area contributed by atoms with Crippen LogP contribution in [0.2, 0.25) is 0 Å². The van der Waals surface area contributed by atoms with E-state index in [1.165, 1.54) is 6.07 Å². The number of imidazole rings is 1. The maximum Gasteiger partial charge on any atom is 0.296 e. The van der Waals surface area contributed by atoms with E-state index in [2.05, 4.69) is 20.9 Å². The van der Waals surface area contributed by atoms with E-state index in [0.29, 0.717) is 17.9 Å². The fourth-order valence-corrected chi connectivity index (χ4v) is 2.01. The Morgan fingerprint density at radius 1 is 1.56 bits per heavy atom. The largest absolute Gasteiger partial charge is 0.298 e. The van der Waals surface area contributed by atoms with E-state index < -0.39 is 10.7 Å². The number of aromatic nitrogens is 2. The third-order valence-corrected chi connectivity index (χ3v) is 3.12. The summed E-state index contributed by atoms with van der Waals surface area (Å²) in [6.07, 6.45) is 3.80. The van der Waals surface area contributed by atoms with Crippen molar-refractivity contribution in [2.45, 2.75) is 13.3 Å². The molecule has 0 radical (unpaired) electrons. The predicted molar refractivity (Wildman–Crippen MR) is 67.3 cm³/mol. The van der Waals surface area contributed by atoms with Crippen molar-refractivity contribution in [3.8, 4) is 5.69 Å². The molecule has 0 atom stereocenters. The van der Waals surface area contributed by atoms with Crippen LogP contribution < -0.4 is 0 Å². The third kappa shape index (κ3) is 2.13. The Morgan fingerprint density at radius 2 is 2.28 bits per heavy atom. The van der Waals surface area contributed by atoms with Crippen LogP contribution in [0.4, 0.5) is 10.1 Å². The second kappa shape index (κ2) is 4.85. The van der Waals surface area contributed by atoms with Gasteiger partial charge < -0.3 is 0 Å². The van der Waals surface area contributed by atoms with Crippen LogP contribution in [0.1, 0.15) is 12.7 Å². The summed E-state index contributed by atoms with van der Waals surface area (Å²) >= 11 is 3.03. The Labute approximate surface area is 111 Å². The van der Waals surface area contributed by atoms with Gasteiger partial charge >= 0.3 is 0 Å². The zero-order valence-corrected chi connectivity index (χ0v) is 11.0. The molecule has 0 aliphatic rings. The highest BCUT2D eigenvalue weighted by Gasteiger charge is 2.20. The van der Waals surface area contributed by atoms with Gasteiger partial charge in [0.15, 0.2) is 0 Å². The highest BCUT2D eigenvalue weighted by Crippen LogP contribution is 2.29. The zero-order valence-electron chi connectivity index (χ0n) is 9.43. The maximum atomic E-state index is 13.4. The van der Waals surface area contributed by atoms with Gasteiger partial charge in [-0.25, -0.2) is 9.37 Å². The van der Waals surface area contributed by atoms with Crippen molar-refractivity contribution in [2.75, 3.05) is 0 Å². The van der Waals surface area contributed by atoms with Gasteiger partial charge in [0, 0.05) is 18.8 Å². The minimum atomic E-state index is -0.663. The minimum absolute atomic E-state index is 0.179. The lowest BCUT2D eigenvalue weighted by molar-refractivity contribution is -0.384. The first-order chi connectivity index (χ1) is 8.54. The number of benzene rings is 1. The lowest BCUT2D eigenvalue weighted by Gasteiger charge is -2.08. The van der Waals surface area contributed by atoms with E-state index in [1.54, 1.807) is 17.0 Å². The van der Waals surface area contributed by atoms with Gasteiger partial charge in [0.05, 0.1) is 15.5 Å². The van der Waals surface area contributed by atoms with Gasteiger partial charge in [0.1, 0.15) is 17.3 Å². The molecule has 18 heavy (non-hydrogen) atoms. The van der Waals surface area contributed by atoms with Gasteiger partial charge in [0.2, 0.25) is 0 Å². The summed E-state index contributed by atoms with van der Waals surface area (Å²) in [5.74, 6) is 0.0141. The van der Waals surface area contributed by atoms with E-state index >= 15 is 0 Å². The first kappa shape index (κ1) is 12.7. The smallest absolute Gasteiger partial charge is 0.296 e. The molecular formula is C11H9BrFN3O2. The fraction of sp³-hybridized carbons (Fsp3) is 0.182. The topological polar surface area (TPSA) is 61.0 Å². The van der Waals surface area contributed by atoms with Crippen molar-refractivity contribution in [3.05, 3.63) is 50.8 Å². The van der Waals surface area contributed by atoms with E-state index in [4.69, 9.17) is 0 Å². The van der Waals surface area contributed by atoms with Crippen molar-refractivity contribution in [1.82, 2.24) is 9.55 Å². The van der Waals surface area contributed by atoms with Gasteiger partial charge in [-0.1, -0.05) is 6.92 Å². The quantitative estimate of drug-likeness (QED) is 0.645. The van der Waals surface area contributed by atoms with Crippen molar-refractivity contribution in [3.63, 3.8) is 0 Å². The molecule has 0 unspecified atom stereocenters. The standard InChI is InChI=1S/C11H9BrFN3O2/c1-2-11-14-3-4-15(11)9-5-7(12)8(13)6-10(9)16(17)18/h3-6H,2H2,1H3. The van der Waals surface area contributed by atoms with Crippen molar-refractivity contribution < 1.29 is 9.31 Å². The van der Waals surface area contributed by atoms with E-state index in [-0.39, 0.29) is 10.2 Å². The van der Waals surface area contributed by atoms with Gasteiger partial charge in [-0.15, -0.1) is 0 Å². The molecule has 2 aromatic rings. The number of rotatable bonds is 3. The second-order valence-electron chi connectivity index (χ2n) is 3.58. The Kier molecular flexibility index (Phi) is 3.42. The monoisotopic (exact) mass is 313 g/mol. The Hall–Kier alpha value is -1.76. The van der Waals surface area contributed by atoms with Crippen molar-refractivity contribution in [1.29, 1.82) is 0 Å². The fourth-order valence-electron chi connectivity index (χ4n) is 1.68. The molecule has 2 rings (SSSR count). The summed E-state index contributed by atoms with van der Waals surface area (Å²) in [6, 6.07) is 2.28. The highest BCUT2D eigenvalue weighted by atomic mass is 79.9. The number of nitrogens with zero attached hydrogens (tertiary/aromatic N) is 3. The molecule has 7 heteroatoms. The molecule has 94 valence electrons. The molecular weight excluding hydrogens is 305 g/mol. The Bertz CT molecular complexity index is 612. The summed E-state index contributed by atoms with van der Waals surface area (Å²) in [7, 11) is 0. The first-order valence-electron chi connectivity index (χ1n) is 5.20. The van der Waals surface area contributed by atoms with Crippen LogP contribution in [0.25, 0.3) is 5.69 Å². The molecule has 0 aliphatic carbocycles. The Balaban J connectivity index is 2.70. The first-order valence-corrected chi connectivity index (χ1v) is 6.00. The molecule has 1 heterocycles. The number of halogens is 2. The van der Waals surface area contributed by atoms with E-state index in [9.17, 15) is 14.5 Å². The average molecular weight is 314 g/mol. The van der Waals surface area contributed by atoms with Crippen molar-refractivity contribution >= 4 is 21.6 Å². The lowest BCUT2D eigenvalue weighted by Crippen LogP contribution is -2.04. The molecule has 0 saturated heterocycles. The minimum Gasteiger partial charge on any atom is -0.298 e. The summed E-state index contributed by atoms with van der Waals surface area (Å²) in [5.41, 5.74) is 0.00558. The SMILES string of the molecule is CCc1nccn1-c1cc(Br)c(F)cc1[N+](=O)[O-]. The van der Waals surface area contributed by atoms with Gasteiger partial charge in [0.25, 0.3) is 5.69 Å².